The van der Waals surface area contributed by atoms with Gasteiger partial charge in [0.2, 0.25) is 0 Å². The van der Waals surface area contributed by atoms with Gasteiger partial charge in [0.15, 0.2) is 10.9 Å². The van der Waals surface area contributed by atoms with Crippen LogP contribution in [-0.2, 0) is 23.7 Å². The van der Waals surface area contributed by atoms with Crippen LogP contribution in [0.15, 0.2) is 23.3 Å². The Bertz CT molecular complexity index is 853. The first-order valence-electron chi connectivity index (χ1n) is 12.5. The SMILES string of the molecule is CC(=O)SCC[C@]12CC3OCCOC34CC1=CC[C@@H]1C2=CC[C@]2(C)C(CC[C@H]12)OCCO4. The highest BCUT2D eigenvalue weighted by Crippen LogP contribution is 2.66. The lowest BCUT2D eigenvalue weighted by Crippen LogP contribution is -2.60. The Labute approximate surface area is 195 Å². The van der Waals surface area contributed by atoms with Crippen LogP contribution in [0.1, 0.15) is 58.8 Å². The van der Waals surface area contributed by atoms with E-state index in [9.17, 15) is 4.79 Å². The monoisotopic (exact) mass is 460 g/mol. The molecule has 5 heterocycles. The lowest BCUT2D eigenvalue weighted by atomic mass is 9.50. The standard InChI is InChI=1S/C26H36O5S/c1-17(27)32-14-9-25-16-23-26(31-13-11-29-23)15-18(25)3-4-19-20-5-6-22(28-10-12-30-26)24(20,2)8-7-21(19)25/h3,7,19-20,22-23H,4-6,8-16H2,1-2H3/t19-,20+,22?,23?,24-,25-,26?/m0/s1. The Morgan fingerprint density at radius 2 is 1.88 bits per heavy atom. The molecule has 176 valence electrons. The highest BCUT2D eigenvalue weighted by atomic mass is 32.2. The molecule has 6 heteroatoms. The molecule has 2 saturated heterocycles. The minimum Gasteiger partial charge on any atom is -0.375 e. The van der Waals surface area contributed by atoms with Crippen LogP contribution in [0.4, 0.5) is 0 Å². The molecule has 0 aromatic heterocycles. The summed E-state index contributed by atoms with van der Waals surface area (Å²) in [5.74, 6) is 1.39. The fourth-order valence-electron chi connectivity index (χ4n) is 8.08. The van der Waals surface area contributed by atoms with Gasteiger partial charge in [-0.05, 0) is 50.4 Å². The first-order chi connectivity index (χ1) is 15.5. The maximum Gasteiger partial charge on any atom is 0.198 e. The molecule has 5 aliphatic heterocycles. The van der Waals surface area contributed by atoms with E-state index in [-0.39, 0.29) is 22.0 Å². The van der Waals surface area contributed by atoms with Crippen molar-refractivity contribution in [2.24, 2.45) is 22.7 Å². The van der Waals surface area contributed by atoms with Crippen LogP contribution < -0.4 is 0 Å². The number of fused-ring (bicyclic) bond motifs is 1. The first-order valence-corrected chi connectivity index (χ1v) is 13.5. The van der Waals surface area contributed by atoms with Gasteiger partial charge in [0.25, 0.3) is 0 Å². The second kappa shape index (κ2) is 7.94. The summed E-state index contributed by atoms with van der Waals surface area (Å²) in [6.07, 6.45) is 12.6. The number of hydrogen-bond donors (Lipinski definition) is 0. The summed E-state index contributed by atoms with van der Waals surface area (Å²) in [7, 11) is 0. The number of allylic oxidation sites excluding steroid dienone is 3. The van der Waals surface area contributed by atoms with Crippen molar-refractivity contribution in [3.63, 3.8) is 0 Å². The van der Waals surface area contributed by atoms with Crippen LogP contribution in [-0.4, -0.2) is 55.3 Å². The molecule has 0 N–H and O–H groups in total. The number of rotatable bonds is 3. The molecule has 9 aliphatic rings. The summed E-state index contributed by atoms with van der Waals surface area (Å²) in [5.41, 5.74) is 3.27. The van der Waals surface area contributed by atoms with Gasteiger partial charge in [-0.1, -0.05) is 42.0 Å². The van der Waals surface area contributed by atoms with Crippen molar-refractivity contribution in [2.75, 3.05) is 32.2 Å². The second-order valence-corrected chi connectivity index (χ2v) is 12.2. The van der Waals surface area contributed by atoms with Gasteiger partial charge in [0, 0.05) is 29.9 Å². The Morgan fingerprint density at radius 1 is 1.09 bits per heavy atom. The van der Waals surface area contributed by atoms with Crippen molar-refractivity contribution in [2.45, 2.75) is 76.8 Å². The maximum absolute atomic E-state index is 11.8. The minimum absolute atomic E-state index is 0.0298. The molecular weight excluding hydrogens is 424 g/mol. The largest absolute Gasteiger partial charge is 0.375 e. The molecule has 0 aromatic carbocycles. The van der Waals surface area contributed by atoms with Crippen molar-refractivity contribution >= 4 is 16.9 Å². The van der Waals surface area contributed by atoms with E-state index in [1.54, 1.807) is 12.5 Å². The predicted octanol–water partition coefficient (Wildman–Crippen LogP) is 4.66. The van der Waals surface area contributed by atoms with Crippen molar-refractivity contribution in [1.82, 2.24) is 0 Å². The average molecular weight is 461 g/mol. The van der Waals surface area contributed by atoms with Gasteiger partial charge in [-0.2, -0.15) is 0 Å². The topological polar surface area (TPSA) is 54.0 Å². The van der Waals surface area contributed by atoms with Crippen molar-refractivity contribution in [3.05, 3.63) is 23.3 Å². The van der Waals surface area contributed by atoms with Crippen LogP contribution in [0, 0.1) is 22.7 Å². The Kier molecular flexibility index (Phi) is 5.42. The Hall–Kier alpha value is -0.660. The summed E-state index contributed by atoms with van der Waals surface area (Å²) < 4.78 is 25.7. The molecule has 3 unspecified atom stereocenters. The quantitative estimate of drug-likeness (QED) is 0.571. The third kappa shape index (κ3) is 3.16. The zero-order valence-corrected chi connectivity index (χ0v) is 20.2. The van der Waals surface area contributed by atoms with E-state index in [2.05, 4.69) is 19.1 Å². The fraction of sp³-hybridized carbons (Fsp3) is 0.808. The number of carbonyl (C=O) groups is 1. The molecule has 9 rings (SSSR count). The molecule has 1 spiro atoms. The zero-order chi connectivity index (χ0) is 22.0. The molecule has 5 nitrogen and oxygen atoms in total. The molecule has 7 atom stereocenters. The van der Waals surface area contributed by atoms with E-state index in [0.717, 1.165) is 44.3 Å². The summed E-state index contributed by atoms with van der Waals surface area (Å²) in [6.45, 7) is 6.50. The highest BCUT2D eigenvalue weighted by Gasteiger charge is 2.62. The van der Waals surface area contributed by atoms with Gasteiger partial charge in [-0.25, -0.2) is 0 Å². The molecule has 0 radical (unpaired) electrons. The van der Waals surface area contributed by atoms with Crippen LogP contribution in [0.2, 0.25) is 0 Å². The van der Waals surface area contributed by atoms with Gasteiger partial charge in [-0.15, -0.1) is 0 Å². The third-order valence-corrected chi connectivity index (χ3v) is 10.4. The van der Waals surface area contributed by atoms with E-state index in [0.29, 0.717) is 44.4 Å². The van der Waals surface area contributed by atoms with E-state index >= 15 is 0 Å². The zero-order valence-electron chi connectivity index (χ0n) is 19.4. The van der Waals surface area contributed by atoms with E-state index in [1.165, 1.54) is 23.8 Å². The van der Waals surface area contributed by atoms with Crippen LogP contribution in [0.3, 0.4) is 0 Å². The second-order valence-electron chi connectivity index (χ2n) is 10.9. The lowest BCUT2D eigenvalue weighted by molar-refractivity contribution is -0.338. The minimum atomic E-state index is -0.701. The summed E-state index contributed by atoms with van der Waals surface area (Å²) >= 11 is 1.47. The lowest BCUT2D eigenvalue weighted by Gasteiger charge is -2.58. The van der Waals surface area contributed by atoms with Gasteiger partial charge < -0.3 is 18.9 Å². The predicted molar refractivity (Wildman–Crippen MR) is 123 cm³/mol. The summed E-state index contributed by atoms with van der Waals surface area (Å²) in [6, 6.07) is 0. The smallest absolute Gasteiger partial charge is 0.198 e. The first kappa shape index (κ1) is 21.8. The Morgan fingerprint density at radius 3 is 2.66 bits per heavy atom. The van der Waals surface area contributed by atoms with E-state index < -0.39 is 5.79 Å². The molecule has 4 aliphatic carbocycles. The van der Waals surface area contributed by atoms with Crippen LogP contribution >= 0.6 is 11.8 Å². The summed E-state index contributed by atoms with van der Waals surface area (Å²) in [5, 5.41) is 0.205. The number of hydrogen-bond acceptors (Lipinski definition) is 6. The Balaban J connectivity index is 1.46. The number of thioether (sulfide) groups is 1. The summed E-state index contributed by atoms with van der Waals surface area (Å²) in [4.78, 5) is 11.8. The van der Waals surface area contributed by atoms with Crippen LogP contribution in [0.5, 0.6) is 0 Å². The van der Waals surface area contributed by atoms with E-state index in [4.69, 9.17) is 18.9 Å². The molecule has 0 aromatic rings. The normalized spacial score (nSPS) is 47.2. The number of carbonyl (C=O) groups excluding carboxylic acids is 1. The third-order valence-electron chi connectivity index (χ3n) is 9.55. The molecular formula is C26H36O5S. The molecule has 32 heavy (non-hydrogen) atoms. The van der Waals surface area contributed by atoms with Crippen molar-refractivity contribution in [3.8, 4) is 0 Å². The van der Waals surface area contributed by atoms with Crippen molar-refractivity contribution < 1.29 is 23.7 Å². The van der Waals surface area contributed by atoms with Crippen molar-refractivity contribution in [1.29, 1.82) is 0 Å². The van der Waals surface area contributed by atoms with Gasteiger partial charge >= 0.3 is 0 Å². The maximum atomic E-state index is 11.8. The van der Waals surface area contributed by atoms with E-state index in [1.807, 2.05) is 0 Å². The average Bonchev–Trinajstić information content (AvgIpc) is 3.11. The fourth-order valence-corrected chi connectivity index (χ4v) is 8.82. The van der Waals surface area contributed by atoms with Gasteiger partial charge in [-0.3, -0.25) is 4.79 Å². The van der Waals surface area contributed by atoms with Crippen LogP contribution in [0.25, 0.3) is 0 Å². The van der Waals surface area contributed by atoms with Gasteiger partial charge in [0.1, 0.15) is 6.10 Å². The van der Waals surface area contributed by atoms with Gasteiger partial charge in [0.05, 0.1) is 32.5 Å². The molecule has 4 fully saturated rings. The highest BCUT2D eigenvalue weighted by molar-refractivity contribution is 8.13. The molecule has 8 bridgehead atoms. The molecule has 0 amide bonds. The molecule has 2 saturated carbocycles. The number of ether oxygens (including phenoxy) is 4.